The minimum absolute atomic E-state index is 0.736. The Bertz CT molecular complexity index is 512. The maximum Gasteiger partial charge on any atom is 0.190 e. The van der Waals surface area contributed by atoms with Crippen molar-refractivity contribution in [3.63, 3.8) is 0 Å². The Balaban J connectivity index is 2.32. The maximum atomic E-state index is 6.19. The lowest BCUT2D eigenvalue weighted by Crippen LogP contribution is -2.07. The molecule has 0 radical (unpaired) electrons. The van der Waals surface area contributed by atoms with E-state index in [0.717, 1.165) is 27.2 Å². The molecule has 90 valence electrons. The third kappa shape index (κ3) is 2.80. The van der Waals surface area contributed by atoms with Crippen LogP contribution in [0, 0.1) is 0 Å². The molecule has 0 unspecified atom stereocenters. The van der Waals surface area contributed by atoms with E-state index in [4.69, 9.17) is 11.6 Å². The number of aromatic nitrogens is 3. The lowest BCUT2D eigenvalue weighted by molar-refractivity contribution is 0.684. The zero-order valence-electron chi connectivity index (χ0n) is 9.64. The molecule has 0 atom stereocenters. The van der Waals surface area contributed by atoms with E-state index in [2.05, 4.69) is 15.4 Å². The van der Waals surface area contributed by atoms with Crippen molar-refractivity contribution in [2.24, 2.45) is 7.05 Å². The number of hydrogen-bond acceptors (Lipinski definition) is 4. The first kappa shape index (κ1) is 12.4. The largest absolute Gasteiger partial charge is 0.316 e. The van der Waals surface area contributed by atoms with Crippen LogP contribution in [0.1, 0.15) is 5.56 Å². The Labute approximate surface area is 109 Å². The molecular formula is C11H13ClN4S. The van der Waals surface area contributed by atoms with Crippen LogP contribution in [0.3, 0.4) is 0 Å². The summed E-state index contributed by atoms with van der Waals surface area (Å²) in [5.41, 5.74) is 1.09. The Morgan fingerprint density at radius 3 is 2.94 bits per heavy atom. The lowest BCUT2D eigenvalue weighted by atomic mass is 10.2. The Morgan fingerprint density at radius 1 is 1.47 bits per heavy atom. The molecule has 6 heteroatoms. The molecule has 0 spiro atoms. The molecule has 0 saturated heterocycles. The van der Waals surface area contributed by atoms with Crippen LogP contribution in [0.4, 0.5) is 0 Å². The molecule has 0 bridgehead atoms. The first-order valence-electron chi connectivity index (χ1n) is 5.16. The van der Waals surface area contributed by atoms with E-state index in [1.165, 1.54) is 0 Å². The van der Waals surface area contributed by atoms with Crippen molar-refractivity contribution in [1.82, 2.24) is 20.1 Å². The van der Waals surface area contributed by atoms with Gasteiger partial charge in [-0.05, 0) is 36.5 Å². The fraction of sp³-hybridized carbons (Fsp3) is 0.273. The minimum atomic E-state index is 0.736. The third-order valence-corrected chi connectivity index (χ3v) is 3.81. The second kappa shape index (κ2) is 5.53. The number of rotatable bonds is 4. The van der Waals surface area contributed by atoms with Gasteiger partial charge in [0, 0.05) is 23.5 Å². The smallest absolute Gasteiger partial charge is 0.190 e. The van der Waals surface area contributed by atoms with E-state index in [9.17, 15) is 0 Å². The summed E-state index contributed by atoms with van der Waals surface area (Å²) in [7, 11) is 3.78. The standard InChI is InChI=1S/C11H13ClN4S/c1-13-6-8-9(12)4-3-5-10(8)17-11-14-7-15-16(11)2/h3-5,7,13H,6H2,1-2H3. The molecule has 0 saturated carbocycles. The maximum absolute atomic E-state index is 6.19. The molecule has 0 aliphatic carbocycles. The average molecular weight is 269 g/mol. The monoisotopic (exact) mass is 268 g/mol. The summed E-state index contributed by atoms with van der Waals surface area (Å²) < 4.78 is 1.74. The highest BCUT2D eigenvalue weighted by atomic mass is 35.5. The molecule has 2 rings (SSSR count). The van der Waals surface area contributed by atoms with E-state index in [1.807, 2.05) is 32.3 Å². The van der Waals surface area contributed by atoms with E-state index in [0.29, 0.717) is 0 Å². The van der Waals surface area contributed by atoms with Crippen molar-refractivity contribution in [3.05, 3.63) is 35.1 Å². The molecule has 1 aromatic carbocycles. The second-order valence-corrected chi connectivity index (χ2v) is 4.93. The van der Waals surface area contributed by atoms with Crippen LogP contribution in [0.15, 0.2) is 34.6 Å². The lowest BCUT2D eigenvalue weighted by Gasteiger charge is -2.09. The molecule has 0 fully saturated rings. The second-order valence-electron chi connectivity index (χ2n) is 3.52. The van der Waals surface area contributed by atoms with Gasteiger partial charge in [-0.15, -0.1) is 0 Å². The first-order chi connectivity index (χ1) is 8.22. The molecule has 17 heavy (non-hydrogen) atoms. The molecular weight excluding hydrogens is 256 g/mol. The zero-order chi connectivity index (χ0) is 12.3. The number of aryl methyl sites for hydroxylation is 1. The summed E-state index contributed by atoms with van der Waals surface area (Å²) in [6, 6.07) is 5.88. The molecule has 0 aliphatic rings. The molecule has 0 aliphatic heterocycles. The predicted molar refractivity (Wildman–Crippen MR) is 69.3 cm³/mol. The fourth-order valence-electron chi connectivity index (χ4n) is 1.46. The molecule has 0 amide bonds. The van der Waals surface area contributed by atoms with E-state index < -0.39 is 0 Å². The Morgan fingerprint density at radius 2 is 2.29 bits per heavy atom. The van der Waals surface area contributed by atoms with Gasteiger partial charge in [0.2, 0.25) is 0 Å². The van der Waals surface area contributed by atoms with Crippen molar-refractivity contribution in [2.45, 2.75) is 16.6 Å². The fourth-order valence-corrected chi connectivity index (χ4v) is 2.68. The minimum Gasteiger partial charge on any atom is -0.316 e. The van der Waals surface area contributed by atoms with E-state index in [1.54, 1.807) is 22.8 Å². The van der Waals surface area contributed by atoms with Gasteiger partial charge in [-0.1, -0.05) is 17.7 Å². The predicted octanol–water partition coefficient (Wildman–Crippen LogP) is 2.34. The third-order valence-electron chi connectivity index (χ3n) is 2.30. The summed E-state index contributed by atoms with van der Waals surface area (Å²) in [5.74, 6) is 0. The van der Waals surface area contributed by atoms with Crippen LogP contribution in [0.5, 0.6) is 0 Å². The van der Waals surface area contributed by atoms with Gasteiger partial charge in [-0.2, -0.15) is 5.10 Å². The van der Waals surface area contributed by atoms with Gasteiger partial charge in [-0.25, -0.2) is 9.67 Å². The Kier molecular flexibility index (Phi) is 4.04. The summed E-state index contributed by atoms with van der Waals surface area (Å²) in [6.45, 7) is 0.736. The van der Waals surface area contributed by atoms with Crippen LogP contribution in [0.25, 0.3) is 0 Å². The van der Waals surface area contributed by atoms with Crippen molar-refractivity contribution in [1.29, 1.82) is 0 Å². The first-order valence-corrected chi connectivity index (χ1v) is 6.35. The SMILES string of the molecule is CNCc1c(Cl)cccc1Sc1ncnn1C. The van der Waals surface area contributed by atoms with Crippen LogP contribution in [-0.4, -0.2) is 21.8 Å². The number of nitrogens with zero attached hydrogens (tertiary/aromatic N) is 3. The van der Waals surface area contributed by atoms with Gasteiger partial charge in [-0.3, -0.25) is 0 Å². The summed E-state index contributed by atoms with van der Waals surface area (Å²) in [4.78, 5) is 5.29. The highest BCUT2D eigenvalue weighted by molar-refractivity contribution is 7.99. The summed E-state index contributed by atoms with van der Waals surface area (Å²) in [5, 5.41) is 8.79. The number of benzene rings is 1. The van der Waals surface area contributed by atoms with Gasteiger partial charge in [0.1, 0.15) is 6.33 Å². The average Bonchev–Trinajstić information content (AvgIpc) is 2.70. The summed E-state index contributed by atoms with van der Waals surface area (Å²) >= 11 is 7.76. The topological polar surface area (TPSA) is 42.7 Å². The van der Waals surface area contributed by atoms with Gasteiger partial charge < -0.3 is 5.32 Å². The van der Waals surface area contributed by atoms with Gasteiger partial charge in [0.05, 0.1) is 0 Å². The van der Waals surface area contributed by atoms with Gasteiger partial charge >= 0.3 is 0 Å². The highest BCUT2D eigenvalue weighted by Crippen LogP contribution is 2.32. The molecule has 1 aromatic heterocycles. The van der Waals surface area contributed by atoms with Gasteiger partial charge in [0.15, 0.2) is 5.16 Å². The summed E-state index contributed by atoms with van der Waals surface area (Å²) in [6.07, 6.45) is 1.55. The Hall–Kier alpha value is -1.04. The number of hydrogen-bond donors (Lipinski definition) is 1. The van der Waals surface area contributed by atoms with Crippen molar-refractivity contribution < 1.29 is 0 Å². The zero-order valence-corrected chi connectivity index (χ0v) is 11.2. The highest BCUT2D eigenvalue weighted by Gasteiger charge is 2.10. The molecule has 2 aromatic rings. The number of nitrogens with one attached hydrogen (secondary N) is 1. The number of halogens is 1. The van der Waals surface area contributed by atoms with Crippen molar-refractivity contribution >= 4 is 23.4 Å². The van der Waals surface area contributed by atoms with Gasteiger partial charge in [0.25, 0.3) is 0 Å². The van der Waals surface area contributed by atoms with Crippen LogP contribution >= 0.6 is 23.4 Å². The normalized spacial score (nSPS) is 10.8. The molecule has 4 nitrogen and oxygen atoms in total. The van der Waals surface area contributed by atoms with Crippen LogP contribution in [0.2, 0.25) is 5.02 Å². The molecule has 1 heterocycles. The quantitative estimate of drug-likeness (QED) is 0.924. The van der Waals surface area contributed by atoms with E-state index >= 15 is 0 Å². The molecule has 1 N–H and O–H groups in total. The van der Waals surface area contributed by atoms with Crippen molar-refractivity contribution in [2.75, 3.05) is 7.05 Å². The van der Waals surface area contributed by atoms with Crippen LogP contribution in [-0.2, 0) is 13.6 Å². The van der Waals surface area contributed by atoms with Crippen LogP contribution < -0.4 is 5.32 Å². The van der Waals surface area contributed by atoms with Crippen molar-refractivity contribution in [3.8, 4) is 0 Å². The van der Waals surface area contributed by atoms with E-state index in [-0.39, 0.29) is 0 Å².